The van der Waals surface area contributed by atoms with Crippen molar-refractivity contribution >= 4 is 33.2 Å². The molecule has 12 heteroatoms. The van der Waals surface area contributed by atoms with Crippen LogP contribution >= 0.6 is 11.6 Å². The van der Waals surface area contributed by atoms with Crippen LogP contribution in [-0.2, 0) is 14.6 Å². The van der Waals surface area contributed by atoms with Crippen LogP contribution in [0.3, 0.4) is 0 Å². The topological polar surface area (TPSA) is 112 Å². The molecule has 2 N–H and O–H groups in total. The Morgan fingerprint density at radius 1 is 1.35 bits per heavy atom. The summed E-state index contributed by atoms with van der Waals surface area (Å²) in [5.74, 6) is -2.78. The molecule has 1 aromatic carbocycles. The fourth-order valence-electron chi connectivity index (χ4n) is 3.79. The molecule has 0 spiro atoms. The van der Waals surface area contributed by atoms with Crippen molar-refractivity contribution in [3.63, 3.8) is 0 Å². The van der Waals surface area contributed by atoms with Crippen LogP contribution in [0.1, 0.15) is 25.7 Å². The number of amides is 1. The molecule has 0 bridgehead atoms. The Hall–Kier alpha value is -2.16. The van der Waals surface area contributed by atoms with E-state index in [1.807, 2.05) is 6.07 Å². The Balaban J connectivity index is 1.40. The number of alkyl carbamates (subject to hydrolysis) is 1. The lowest BCUT2D eigenvalue weighted by Gasteiger charge is -2.20. The number of carbonyl (C=O) groups excluding carboxylic acids is 1. The number of ether oxygens (including phenoxy) is 1. The molecular weight excluding hydrogens is 454 g/mol. The zero-order valence-electron chi connectivity index (χ0n) is 16.4. The van der Waals surface area contributed by atoms with Crippen LogP contribution in [-0.4, -0.2) is 57.1 Å². The predicted molar refractivity (Wildman–Crippen MR) is 108 cm³/mol. The molecule has 1 amide bonds. The summed E-state index contributed by atoms with van der Waals surface area (Å²) in [6, 6.07) is 6.20. The van der Waals surface area contributed by atoms with Crippen molar-refractivity contribution in [1.82, 2.24) is 10.6 Å². The van der Waals surface area contributed by atoms with Crippen molar-refractivity contribution in [2.24, 2.45) is 0 Å². The van der Waals surface area contributed by atoms with Crippen molar-refractivity contribution in [3.8, 4) is 6.07 Å². The molecule has 8 nitrogen and oxygen atoms in total. The van der Waals surface area contributed by atoms with Crippen LogP contribution in [0.5, 0.6) is 0 Å². The standard InChI is InChI=1S/C19H21ClF2N4O4S/c20-14-7-12(26-6-5-19(21,22)11-26)1-2-15(14)31(28,29)13-8-16(24-9-13)30-17(27)25-18(10-23)3-4-18/h1-2,7,13,16,24H,3-6,8-9,11H2,(H,25,27)/t13-,16+/m1/s1. The minimum absolute atomic E-state index is 0.0196. The third-order valence-corrected chi connectivity index (χ3v) is 8.43. The van der Waals surface area contributed by atoms with Crippen molar-refractivity contribution in [3.05, 3.63) is 23.2 Å². The van der Waals surface area contributed by atoms with Gasteiger partial charge in [-0.1, -0.05) is 11.6 Å². The average Bonchev–Trinajstić information content (AvgIpc) is 3.12. The number of carbonyl (C=O) groups is 1. The first kappa shape index (κ1) is 22.0. The number of sulfone groups is 1. The van der Waals surface area contributed by atoms with E-state index < -0.39 is 45.4 Å². The average molecular weight is 475 g/mol. The summed E-state index contributed by atoms with van der Waals surface area (Å²) in [7, 11) is -3.85. The largest absolute Gasteiger partial charge is 0.430 e. The Bertz CT molecular complexity index is 1040. The lowest BCUT2D eigenvalue weighted by molar-refractivity contribution is 0.0257. The molecule has 3 aliphatic rings. The van der Waals surface area contributed by atoms with Gasteiger partial charge in [-0.05, 0) is 31.0 Å². The molecule has 31 heavy (non-hydrogen) atoms. The first-order valence-corrected chi connectivity index (χ1v) is 11.8. The van der Waals surface area contributed by atoms with E-state index in [1.165, 1.54) is 23.1 Å². The highest BCUT2D eigenvalue weighted by Gasteiger charge is 2.46. The van der Waals surface area contributed by atoms with Gasteiger partial charge in [0.25, 0.3) is 5.92 Å². The zero-order valence-corrected chi connectivity index (χ0v) is 18.0. The van der Waals surface area contributed by atoms with Crippen molar-refractivity contribution in [2.75, 3.05) is 24.5 Å². The summed E-state index contributed by atoms with van der Waals surface area (Å²) in [5, 5.41) is 13.4. The Morgan fingerprint density at radius 3 is 2.68 bits per heavy atom. The quantitative estimate of drug-likeness (QED) is 0.674. The predicted octanol–water partition coefficient (Wildman–Crippen LogP) is 2.43. The molecule has 168 valence electrons. The number of nitrogens with one attached hydrogen (secondary N) is 2. The minimum atomic E-state index is -3.85. The molecular formula is C19H21ClF2N4O4S. The molecule has 2 atom stereocenters. The highest BCUT2D eigenvalue weighted by molar-refractivity contribution is 7.92. The normalized spacial score (nSPS) is 26.3. The highest BCUT2D eigenvalue weighted by atomic mass is 35.5. The highest BCUT2D eigenvalue weighted by Crippen LogP contribution is 2.36. The maximum absolute atomic E-state index is 13.5. The smallest absolute Gasteiger partial charge is 0.409 e. The van der Waals surface area contributed by atoms with Gasteiger partial charge in [0.15, 0.2) is 16.1 Å². The molecule has 1 saturated carbocycles. The second kappa shape index (κ2) is 7.76. The number of hydrogen-bond donors (Lipinski definition) is 2. The van der Waals surface area contributed by atoms with Gasteiger partial charge < -0.3 is 15.0 Å². The van der Waals surface area contributed by atoms with Crippen LogP contribution < -0.4 is 15.5 Å². The van der Waals surface area contributed by atoms with Crippen molar-refractivity contribution < 1.29 is 26.7 Å². The van der Waals surface area contributed by atoms with Gasteiger partial charge in [-0.3, -0.25) is 5.32 Å². The molecule has 4 rings (SSSR count). The maximum atomic E-state index is 13.5. The van der Waals surface area contributed by atoms with E-state index in [2.05, 4.69) is 10.6 Å². The van der Waals surface area contributed by atoms with E-state index in [1.54, 1.807) is 0 Å². The van der Waals surface area contributed by atoms with Crippen LogP contribution in [0.15, 0.2) is 23.1 Å². The number of anilines is 1. The number of rotatable bonds is 5. The minimum Gasteiger partial charge on any atom is -0.430 e. The third kappa shape index (κ3) is 4.56. The molecule has 1 aliphatic carbocycles. The van der Waals surface area contributed by atoms with Crippen LogP contribution in [0.2, 0.25) is 5.02 Å². The molecule has 3 fully saturated rings. The van der Waals surface area contributed by atoms with E-state index in [9.17, 15) is 22.0 Å². The van der Waals surface area contributed by atoms with Crippen LogP contribution in [0, 0.1) is 11.3 Å². The van der Waals surface area contributed by atoms with Gasteiger partial charge in [-0.15, -0.1) is 0 Å². The van der Waals surface area contributed by atoms with Gasteiger partial charge in [0, 0.05) is 31.6 Å². The summed E-state index contributed by atoms with van der Waals surface area (Å²) < 4.78 is 58.2. The number of nitrogens with zero attached hydrogens (tertiary/aromatic N) is 2. The maximum Gasteiger partial charge on any atom is 0.409 e. The van der Waals surface area contributed by atoms with E-state index in [0.717, 1.165) is 0 Å². The second-order valence-corrected chi connectivity index (χ2v) is 10.8. The molecule has 2 heterocycles. The number of alkyl halides is 2. The Morgan fingerprint density at radius 2 is 2.10 bits per heavy atom. The van der Waals surface area contributed by atoms with Crippen LogP contribution in [0.25, 0.3) is 0 Å². The van der Waals surface area contributed by atoms with Gasteiger partial charge in [0.2, 0.25) is 0 Å². The first-order valence-electron chi connectivity index (χ1n) is 9.83. The monoisotopic (exact) mass is 474 g/mol. The Labute approximate surface area is 183 Å². The second-order valence-electron chi connectivity index (χ2n) is 8.17. The number of hydrogen-bond acceptors (Lipinski definition) is 7. The fraction of sp³-hybridized carbons (Fsp3) is 0.579. The number of benzene rings is 1. The van der Waals surface area contributed by atoms with Crippen LogP contribution in [0.4, 0.5) is 19.3 Å². The summed E-state index contributed by atoms with van der Waals surface area (Å²) >= 11 is 6.22. The summed E-state index contributed by atoms with van der Waals surface area (Å²) in [6.07, 6.45) is -0.734. The third-order valence-electron chi connectivity index (χ3n) is 5.80. The van der Waals surface area contributed by atoms with Crippen molar-refractivity contribution in [2.45, 2.75) is 53.5 Å². The zero-order chi connectivity index (χ0) is 22.4. The van der Waals surface area contributed by atoms with Gasteiger partial charge in [0.1, 0.15) is 5.54 Å². The Kier molecular flexibility index (Phi) is 5.52. The molecule has 2 saturated heterocycles. The van der Waals surface area contributed by atoms with E-state index in [0.29, 0.717) is 18.5 Å². The van der Waals surface area contributed by atoms with E-state index >= 15 is 0 Å². The molecule has 1 aromatic rings. The van der Waals surface area contributed by atoms with Crippen molar-refractivity contribution in [1.29, 1.82) is 5.26 Å². The summed E-state index contributed by atoms with van der Waals surface area (Å²) in [6.45, 7) is -0.216. The molecule has 0 aromatic heterocycles. The van der Waals surface area contributed by atoms with Gasteiger partial charge in [-0.2, -0.15) is 5.26 Å². The van der Waals surface area contributed by atoms with Gasteiger partial charge in [0.05, 0.1) is 27.8 Å². The lowest BCUT2D eigenvalue weighted by atomic mass is 10.3. The molecule has 0 radical (unpaired) electrons. The molecule has 2 aliphatic heterocycles. The SMILES string of the molecule is N#CC1(NC(=O)O[C@H]2C[C@@H](S(=O)(=O)c3ccc(N4CCC(F)(F)C4)cc3Cl)CN2)CC1. The first-order chi connectivity index (χ1) is 14.5. The summed E-state index contributed by atoms with van der Waals surface area (Å²) in [4.78, 5) is 13.3. The summed E-state index contributed by atoms with van der Waals surface area (Å²) in [5.41, 5.74) is -0.439. The number of nitriles is 1. The lowest BCUT2D eigenvalue weighted by Crippen LogP contribution is -2.40. The van der Waals surface area contributed by atoms with Gasteiger partial charge >= 0.3 is 6.09 Å². The molecule has 0 unspecified atom stereocenters. The van der Waals surface area contributed by atoms with E-state index in [4.69, 9.17) is 21.6 Å². The number of halogens is 3. The fourth-order valence-corrected chi connectivity index (χ4v) is 5.98. The van der Waals surface area contributed by atoms with E-state index in [-0.39, 0.29) is 35.8 Å². The van der Waals surface area contributed by atoms with Gasteiger partial charge in [-0.25, -0.2) is 22.0 Å².